The van der Waals surface area contributed by atoms with Crippen molar-refractivity contribution in [2.24, 2.45) is 4.99 Å². The highest BCUT2D eigenvalue weighted by Crippen LogP contribution is 2.28. The van der Waals surface area contributed by atoms with Gasteiger partial charge in [0.2, 0.25) is 0 Å². The molecule has 0 bridgehead atoms. The molecule has 1 aliphatic carbocycles. The van der Waals surface area contributed by atoms with Crippen LogP contribution in [0.15, 0.2) is 4.99 Å². The molecule has 1 saturated heterocycles. The van der Waals surface area contributed by atoms with E-state index in [0.717, 1.165) is 38.2 Å². The van der Waals surface area contributed by atoms with Crippen LogP contribution in [0.1, 0.15) is 52.9 Å². The molecule has 134 valence electrons. The number of rotatable bonds is 3. The molecule has 6 nitrogen and oxygen atoms in total. The molecule has 7 heteroatoms. The fraction of sp³-hybridized carbons (Fsp3) is 0.938. The third-order valence-electron chi connectivity index (χ3n) is 4.99. The van der Waals surface area contributed by atoms with Gasteiger partial charge >= 0.3 is 0 Å². The molecule has 0 aromatic heterocycles. The average molecular weight is 346 g/mol. The summed E-state index contributed by atoms with van der Waals surface area (Å²) in [4.78, 5) is 6.64. The van der Waals surface area contributed by atoms with Crippen molar-refractivity contribution < 1.29 is 13.5 Å². The summed E-state index contributed by atoms with van der Waals surface area (Å²) in [6.45, 7) is 7.53. The number of nitrogens with zero attached hydrogens (tertiary/aromatic N) is 2. The number of aliphatic hydroxyl groups is 1. The Bertz CT molecular complexity index is 537. The highest BCUT2D eigenvalue weighted by Gasteiger charge is 2.41. The van der Waals surface area contributed by atoms with Gasteiger partial charge in [0.15, 0.2) is 15.8 Å². The van der Waals surface area contributed by atoms with E-state index in [4.69, 9.17) is 0 Å². The summed E-state index contributed by atoms with van der Waals surface area (Å²) in [7, 11) is -3.06. The maximum absolute atomic E-state index is 12.2. The highest BCUT2D eigenvalue weighted by molar-refractivity contribution is 7.92. The number of hydrogen-bond donors (Lipinski definition) is 2. The second-order valence-electron chi connectivity index (χ2n) is 7.46. The van der Waals surface area contributed by atoms with Crippen molar-refractivity contribution in [1.29, 1.82) is 0 Å². The molecule has 2 aliphatic rings. The largest absolute Gasteiger partial charge is 0.388 e. The van der Waals surface area contributed by atoms with Gasteiger partial charge in [0.25, 0.3) is 0 Å². The maximum Gasteiger partial charge on any atom is 0.194 e. The van der Waals surface area contributed by atoms with Crippen LogP contribution in [0.5, 0.6) is 0 Å². The molecule has 0 radical (unpaired) electrons. The highest BCUT2D eigenvalue weighted by atomic mass is 32.2. The Hall–Kier alpha value is -0.820. The van der Waals surface area contributed by atoms with Crippen molar-refractivity contribution in [3.05, 3.63) is 0 Å². The second kappa shape index (κ2) is 6.97. The first-order valence-electron chi connectivity index (χ1n) is 8.67. The normalized spacial score (nSPS) is 26.8. The first-order chi connectivity index (χ1) is 10.7. The van der Waals surface area contributed by atoms with E-state index in [9.17, 15) is 13.5 Å². The van der Waals surface area contributed by atoms with Crippen molar-refractivity contribution in [2.45, 2.75) is 63.2 Å². The van der Waals surface area contributed by atoms with Gasteiger partial charge in [-0.1, -0.05) is 19.3 Å². The Morgan fingerprint density at radius 1 is 1.26 bits per heavy atom. The van der Waals surface area contributed by atoms with Gasteiger partial charge in [-0.3, -0.25) is 4.99 Å². The summed E-state index contributed by atoms with van der Waals surface area (Å²) in [5.74, 6) is 0.865. The van der Waals surface area contributed by atoms with Crippen LogP contribution in [-0.2, 0) is 9.84 Å². The zero-order valence-corrected chi connectivity index (χ0v) is 15.5. The number of nitrogens with one attached hydrogen (secondary N) is 1. The van der Waals surface area contributed by atoms with Crippen LogP contribution in [-0.4, -0.2) is 66.7 Å². The quantitative estimate of drug-likeness (QED) is 0.592. The Morgan fingerprint density at radius 3 is 2.48 bits per heavy atom. The summed E-state index contributed by atoms with van der Waals surface area (Å²) >= 11 is 0. The Labute approximate surface area is 140 Å². The fourth-order valence-corrected chi connectivity index (χ4v) is 4.71. The third-order valence-corrected chi connectivity index (χ3v) is 7.52. The van der Waals surface area contributed by atoms with Gasteiger partial charge in [0.1, 0.15) is 0 Å². The zero-order chi connectivity index (χ0) is 17.1. The maximum atomic E-state index is 12.2. The molecular formula is C16H31N3O3S. The van der Waals surface area contributed by atoms with Gasteiger partial charge in [-0.2, -0.15) is 0 Å². The molecule has 1 aliphatic heterocycles. The molecule has 0 spiro atoms. The fourth-order valence-electron chi connectivity index (χ4n) is 3.34. The minimum absolute atomic E-state index is 0.148. The van der Waals surface area contributed by atoms with E-state index in [-0.39, 0.29) is 5.75 Å². The van der Waals surface area contributed by atoms with Crippen LogP contribution in [0.2, 0.25) is 0 Å². The minimum Gasteiger partial charge on any atom is -0.388 e. The van der Waals surface area contributed by atoms with Crippen LogP contribution < -0.4 is 5.32 Å². The summed E-state index contributed by atoms with van der Waals surface area (Å²) in [5, 5.41) is 13.9. The summed E-state index contributed by atoms with van der Waals surface area (Å²) in [6, 6.07) is 0. The minimum atomic E-state index is -3.06. The second-order valence-corrected chi connectivity index (χ2v) is 10.2. The predicted octanol–water partition coefficient (Wildman–Crippen LogP) is 1.16. The number of hydrogen-bond acceptors (Lipinski definition) is 4. The lowest BCUT2D eigenvalue weighted by Gasteiger charge is -2.39. The third kappa shape index (κ3) is 4.38. The Morgan fingerprint density at radius 2 is 1.91 bits per heavy atom. The molecule has 0 unspecified atom stereocenters. The lowest BCUT2D eigenvalue weighted by molar-refractivity contribution is 0.0129. The zero-order valence-electron chi connectivity index (χ0n) is 14.6. The van der Waals surface area contributed by atoms with Gasteiger partial charge in [0, 0.05) is 19.6 Å². The smallest absolute Gasteiger partial charge is 0.194 e. The molecule has 0 amide bonds. The van der Waals surface area contributed by atoms with Crippen molar-refractivity contribution in [1.82, 2.24) is 10.2 Å². The van der Waals surface area contributed by atoms with Gasteiger partial charge < -0.3 is 15.3 Å². The van der Waals surface area contributed by atoms with Crippen molar-refractivity contribution >= 4 is 15.8 Å². The molecule has 2 rings (SSSR count). The van der Waals surface area contributed by atoms with Gasteiger partial charge in [-0.15, -0.1) is 0 Å². The van der Waals surface area contributed by atoms with Gasteiger partial charge in [0.05, 0.1) is 22.6 Å². The van der Waals surface area contributed by atoms with Crippen LogP contribution in [0.25, 0.3) is 0 Å². The summed E-state index contributed by atoms with van der Waals surface area (Å²) in [5.41, 5.74) is -0.698. The monoisotopic (exact) mass is 345 g/mol. The topological polar surface area (TPSA) is 82.0 Å². The van der Waals surface area contributed by atoms with E-state index < -0.39 is 20.2 Å². The first-order valence-corrected chi connectivity index (χ1v) is 10.3. The SMILES string of the molecule is CCNC(=NCC1(O)CCCCC1)N1CCS(=O)(=O)C(C)(C)C1. The van der Waals surface area contributed by atoms with E-state index in [0.29, 0.717) is 19.6 Å². The van der Waals surface area contributed by atoms with Crippen LogP contribution in [0.4, 0.5) is 0 Å². The molecule has 23 heavy (non-hydrogen) atoms. The molecule has 0 aromatic carbocycles. The first kappa shape index (κ1) is 18.5. The summed E-state index contributed by atoms with van der Waals surface area (Å²) < 4.78 is 23.5. The lowest BCUT2D eigenvalue weighted by Crippen LogP contribution is -2.57. The van der Waals surface area contributed by atoms with Crippen molar-refractivity contribution in [2.75, 3.05) is 31.9 Å². The molecule has 0 atom stereocenters. The van der Waals surface area contributed by atoms with Gasteiger partial charge in [-0.25, -0.2) is 8.42 Å². The number of guanidine groups is 1. The average Bonchev–Trinajstić information content (AvgIpc) is 2.47. The molecule has 1 heterocycles. The van der Waals surface area contributed by atoms with Crippen LogP contribution in [0, 0.1) is 0 Å². The Kier molecular flexibility index (Phi) is 5.61. The van der Waals surface area contributed by atoms with E-state index in [2.05, 4.69) is 10.3 Å². The molecule has 1 saturated carbocycles. The Balaban J connectivity index is 2.10. The molecular weight excluding hydrogens is 314 g/mol. The predicted molar refractivity (Wildman–Crippen MR) is 93.5 cm³/mol. The lowest BCUT2D eigenvalue weighted by atomic mass is 9.85. The van der Waals surface area contributed by atoms with Crippen LogP contribution >= 0.6 is 0 Å². The summed E-state index contributed by atoms with van der Waals surface area (Å²) in [6.07, 6.45) is 4.89. The van der Waals surface area contributed by atoms with E-state index in [1.54, 1.807) is 13.8 Å². The van der Waals surface area contributed by atoms with Crippen LogP contribution in [0.3, 0.4) is 0 Å². The molecule has 2 fully saturated rings. The van der Waals surface area contributed by atoms with Crippen molar-refractivity contribution in [3.8, 4) is 0 Å². The van der Waals surface area contributed by atoms with E-state index in [1.807, 2.05) is 11.8 Å². The standard InChI is InChI=1S/C16H31N3O3S/c1-4-17-14(18-12-16(20)8-6-5-7-9-16)19-10-11-23(21,22)15(2,3)13-19/h20H,4-13H2,1-3H3,(H,17,18). The van der Waals surface area contributed by atoms with E-state index >= 15 is 0 Å². The number of aliphatic imine (C=N–C) groups is 1. The van der Waals surface area contributed by atoms with Gasteiger partial charge in [-0.05, 0) is 33.6 Å². The van der Waals surface area contributed by atoms with E-state index in [1.165, 1.54) is 6.42 Å². The number of sulfone groups is 1. The molecule has 2 N–H and O–H groups in total. The van der Waals surface area contributed by atoms with Crippen molar-refractivity contribution in [3.63, 3.8) is 0 Å². The molecule has 0 aromatic rings.